The van der Waals surface area contributed by atoms with Gasteiger partial charge in [-0.05, 0) is 42.5 Å². The van der Waals surface area contributed by atoms with Crippen molar-refractivity contribution >= 4 is 29.2 Å². The van der Waals surface area contributed by atoms with Gasteiger partial charge < -0.3 is 5.73 Å². The Kier molecular flexibility index (Phi) is 4.34. The molecule has 90 valence electrons. The molecule has 17 heavy (non-hydrogen) atoms. The van der Waals surface area contributed by atoms with Gasteiger partial charge in [-0.25, -0.2) is 0 Å². The summed E-state index contributed by atoms with van der Waals surface area (Å²) in [6, 6.07) is 9.72. The van der Waals surface area contributed by atoms with E-state index in [4.69, 9.17) is 17.3 Å². The lowest BCUT2D eigenvalue weighted by molar-refractivity contribution is 0.608. The second kappa shape index (κ2) is 5.98. The summed E-state index contributed by atoms with van der Waals surface area (Å²) in [4.78, 5) is 1.24. The standard InChI is InChI=1S/C12H14ClN3S/c13-10-2-4-11(5-3-10)17-9-1-7-16-8-6-12(14)15-16/h2-6,8H,1,7,9H2,(H2,14,15). The molecule has 0 aliphatic carbocycles. The van der Waals surface area contributed by atoms with Gasteiger partial charge in [-0.1, -0.05) is 11.6 Å². The third kappa shape index (κ3) is 3.98. The number of benzene rings is 1. The van der Waals surface area contributed by atoms with Crippen LogP contribution in [0.25, 0.3) is 0 Å². The van der Waals surface area contributed by atoms with E-state index in [1.165, 1.54) is 4.90 Å². The van der Waals surface area contributed by atoms with Crippen molar-refractivity contribution in [3.63, 3.8) is 0 Å². The molecule has 0 radical (unpaired) electrons. The predicted octanol–water partition coefficient (Wildman–Crippen LogP) is 3.30. The highest BCUT2D eigenvalue weighted by Crippen LogP contribution is 2.21. The highest BCUT2D eigenvalue weighted by molar-refractivity contribution is 7.99. The zero-order valence-corrected chi connectivity index (χ0v) is 10.9. The number of nitrogens with zero attached hydrogens (tertiary/aromatic N) is 2. The van der Waals surface area contributed by atoms with E-state index in [-0.39, 0.29) is 0 Å². The number of rotatable bonds is 5. The Hall–Kier alpha value is -1.13. The van der Waals surface area contributed by atoms with E-state index >= 15 is 0 Å². The summed E-state index contributed by atoms with van der Waals surface area (Å²) < 4.78 is 1.87. The fraction of sp³-hybridized carbons (Fsp3) is 0.250. The van der Waals surface area contributed by atoms with Crippen LogP contribution in [-0.2, 0) is 6.54 Å². The van der Waals surface area contributed by atoms with E-state index in [2.05, 4.69) is 5.10 Å². The number of nitrogen functional groups attached to an aromatic ring is 1. The zero-order valence-electron chi connectivity index (χ0n) is 9.34. The van der Waals surface area contributed by atoms with Crippen LogP contribution in [0.5, 0.6) is 0 Å². The number of thioether (sulfide) groups is 1. The number of halogens is 1. The molecule has 1 heterocycles. The maximum Gasteiger partial charge on any atom is 0.145 e. The number of nitrogens with two attached hydrogens (primary N) is 1. The van der Waals surface area contributed by atoms with Gasteiger partial charge in [0.05, 0.1) is 0 Å². The molecule has 0 amide bonds. The molecule has 2 aromatic rings. The molecular weight excluding hydrogens is 254 g/mol. The van der Waals surface area contributed by atoms with Crippen LogP contribution in [0.4, 0.5) is 5.82 Å². The second-order valence-electron chi connectivity index (χ2n) is 3.66. The SMILES string of the molecule is Nc1ccn(CCCSc2ccc(Cl)cc2)n1. The monoisotopic (exact) mass is 267 g/mol. The van der Waals surface area contributed by atoms with Crippen molar-refractivity contribution in [3.8, 4) is 0 Å². The molecule has 0 fully saturated rings. The minimum atomic E-state index is 0.579. The molecule has 2 rings (SSSR count). The molecule has 1 aromatic carbocycles. The van der Waals surface area contributed by atoms with Crippen LogP contribution >= 0.6 is 23.4 Å². The van der Waals surface area contributed by atoms with E-state index in [1.54, 1.807) is 0 Å². The van der Waals surface area contributed by atoms with Crippen molar-refractivity contribution in [2.24, 2.45) is 0 Å². The summed E-state index contributed by atoms with van der Waals surface area (Å²) in [5.41, 5.74) is 5.54. The average Bonchev–Trinajstić information content (AvgIpc) is 2.73. The average molecular weight is 268 g/mol. The zero-order chi connectivity index (χ0) is 12.1. The van der Waals surface area contributed by atoms with Gasteiger partial charge >= 0.3 is 0 Å². The molecule has 0 saturated heterocycles. The number of anilines is 1. The number of hydrogen-bond donors (Lipinski definition) is 1. The van der Waals surface area contributed by atoms with Gasteiger partial charge in [0, 0.05) is 22.7 Å². The van der Waals surface area contributed by atoms with Crippen LogP contribution in [0.1, 0.15) is 6.42 Å². The molecule has 0 aliphatic heterocycles. The Morgan fingerprint density at radius 2 is 2.00 bits per heavy atom. The summed E-state index contributed by atoms with van der Waals surface area (Å²) in [6.45, 7) is 0.901. The van der Waals surface area contributed by atoms with Gasteiger partial charge in [0.1, 0.15) is 5.82 Å². The lowest BCUT2D eigenvalue weighted by Crippen LogP contribution is -2.00. The van der Waals surface area contributed by atoms with E-state index in [0.29, 0.717) is 5.82 Å². The number of aromatic nitrogens is 2. The first-order valence-corrected chi connectivity index (χ1v) is 6.78. The van der Waals surface area contributed by atoms with Crippen LogP contribution in [0.15, 0.2) is 41.4 Å². The Morgan fingerprint density at radius 3 is 2.65 bits per heavy atom. The Morgan fingerprint density at radius 1 is 1.24 bits per heavy atom. The van der Waals surface area contributed by atoms with Crippen LogP contribution in [0.3, 0.4) is 0 Å². The lowest BCUT2D eigenvalue weighted by atomic mass is 10.4. The third-order valence-corrected chi connectivity index (χ3v) is 3.63. The summed E-state index contributed by atoms with van der Waals surface area (Å²) in [6.07, 6.45) is 2.97. The second-order valence-corrected chi connectivity index (χ2v) is 5.26. The molecule has 0 saturated carbocycles. The molecule has 0 unspecified atom stereocenters. The van der Waals surface area contributed by atoms with Crippen LogP contribution in [0.2, 0.25) is 5.02 Å². The van der Waals surface area contributed by atoms with Crippen LogP contribution < -0.4 is 5.73 Å². The van der Waals surface area contributed by atoms with Gasteiger partial charge in [0.2, 0.25) is 0 Å². The van der Waals surface area contributed by atoms with Crippen molar-refractivity contribution in [1.82, 2.24) is 9.78 Å². The van der Waals surface area contributed by atoms with Gasteiger partial charge in [-0.3, -0.25) is 4.68 Å². The Balaban J connectivity index is 1.71. The molecular formula is C12H14ClN3S. The smallest absolute Gasteiger partial charge is 0.145 e. The third-order valence-electron chi connectivity index (χ3n) is 2.28. The van der Waals surface area contributed by atoms with Gasteiger partial charge in [0.25, 0.3) is 0 Å². The molecule has 2 N–H and O–H groups in total. The summed E-state index contributed by atoms with van der Waals surface area (Å²) >= 11 is 7.65. The van der Waals surface area contributed by atoms with E-state index in [0.717, 1.165) is 23.7 Å². The normalized spacial score (nSPS) is 10.6. The Labute approximate surface area is 110 Å². The molecule has 3 nitrogen and oxygen atoms in total. The first-order valence-electron chi connectivity index (χ1n) is 5.41. The molecule has 0 bridgehead atoms. The molecule has 0 spiro atoms. The molecule has 0 atom stereocenters. The van der Waals surface area contributed by atoms with Crippen molar-refractivity contribution < 1.29 is 0 Å². The highest BCUT2D eigenvalue weighted by atomic mass is 35.5. The van der Waals surface area contributed by atoms with Gasteiger partial charge in [-0.15, -0.1) is 11.8 Å². The van der Waals surface area contributed by atoms with Crippen LogP contribution in [0, 0.1) is 0 Å². The maximum atomic E-state index is 5.82. The first kappa shape index (κ1) is 12.3. The minimum absolute atomic E-state index is 0.579. The van der Waals surface area contributed by atoms with Crippen molar-refractivity contribution in [1.29, 1.82) is 0 Å². The largest absolute Gasteiger partial charge is 0.382 e. The highest BCUT2D eigenvalue weighted by Gasteiger charge is 1.97. The summed E-state index contributed by atoms with van der Waals surface area (Å²) in [5.74, 6) is 1.64. The molecule has 5 heteroatoms. The van der Waals surface area contributed by atoms with Gasteiger partial charge in [0.15, 0.2) is 0 Å². The van der Waals surface area contributed by atoms with Gasteiger partial charge in [-0.2, -0.15) is 5.10 Å². The molecule has 1 aromatic heterocycles. The van der Waals surface area contributed by atoms with E-state index in [1.807, 2.05) is 53.0 Å². The van der Waals surface area contributed by atoms with Crippen molar-refractivity contribution in [2.75, 3.05) is 11.5 Å². The van der Waals surface area contributed by atoms with E-state index in [9.17, 15) is 0 Å². The van der Waals surface area contributed by atoms with Crippen molar-refractivity contribution in [3.05, 3.63) is 41.6 Å². The summed E-state index contributed by atoms with van der Waals surface area (Å²) in [5, 5.41) is 4.91. The first-order chi connectivity index (χ1) is 8.24. The topological polar surface area (TPSA) is 43.8 Å². The maximum absolute atomic E-state index is 5.82. The fourth-order valence-electron chi connectivity index (χ4n) is 1.45. The Bertz CT molecular complexity index is 467. The summed E-state index contributed by atoms with van der Waals surface area (Å²) in [7, 11) is 0. The quantitative estimate of drug-likeness (QED) is 0.668. The number of hydrogen-bond acceptors (Lipinski definition) is 3. The minimum Gasteiger partial charge on any atom is -0.382 e. The van der Waals surface area contributed by atoms with Crippen LogP contribution in [-0.4, -0.2) is 15.5 Å². The predicted molar refractivity (Wildman–Crippen MR) is 73.4 cm³/mol. The molecule has 0 aliphatic rings. The number of aryl methyl sites for hydroxylation is 1. The van der Waals surface area contributed by atoms with Crippen molar-refractivity contribution in [2.45, 2.75) is 17.9 Å². The fourth-order valence-corrected chi connectivity index (χ4v) is 2.41. The lowest BCUT2D eigenvalue weighted by Gasteiger charge is -2.02. The van der Waals surface area contributed by atoms with E-state index < -0.39 is 0 Å².